The van der Waals surface area contributed by atoms with Crippen LogP contribution in [0, 0.1) is 5.82 Å². The van der Waals surface area contributed by atoms with Crippen LogP contribution in [-0.2, 0) is 11.3 Å². The number of nitrogens with two attached hydrogens (primary N) is 1. The molecule has 0 atom stereocenters. The van der Waals surface area contributed by atoms with Crippen molar-refractivity contribution in [2.75, 3.05) is 18.8 Å². The summed E-state index contributed by atoms with van der Waals surface area (Å²) in [6.07, 6.45) is 1.47. The van der Waals surface area contributed by atoms with Crippen LogP contribution >= 0.6 is 0 Å². The van der Waals surface area contributed by atoms with E-state index in [1.807, 2.05) is 18.2 Å². The van der Waals surface area contributed by atoms with Gasteiger partial charge >= 0.3 is 5.97 Å². The SMILES string of the molecule is Nc1cc(F)ccc1C(=O)OC1CCN(Cc2ccccc2)CC1. The highest BCUT2D eigenvalue weighted by molar-refractivity contribution is 5.95. The van der Waals surface area contributed by atoms with Crippen molar-refractivity contribution < 1.29 is 13.9 Å². The number of nitrogens with zero attached hydrogens (tertiary/aromatic N) is 1. The van der Waals surface area contributed by atoms with E-state index < -0.39 is 11.8 Å². The van der Waals surface area contributed by atoms with E-state index >= 15 is 0 Å². The Morgan fingerprint density at radius 2 is 1.88 bits per heavy atom. The average Bonchev–Trinajstić information content (AvgIpc) is 2.57. The van der Waals surface area contributed by atoms with Crippen molar-refractivity contribution in [2.45, 2.75) is 25.5 Å². The minimum atomic E-state index is -0.478. The van der Waals surface area contributed by atoms with Crippen LogP contribution < -0.4 is 5.73 Å². The summed E-state index contributed by atoms with van der Waals surface area (Å²) in [4.78, 5) is 14.5. The van der Waals surface area contributed by atoms with Crippen LogP contribution in [0.5, 0.6) is 0 Å². The fraction of sp³-hybridized carbons (Fsp3) is 0.316. The van der Waals surface area contributed by atoms with Crippen LogP contribution in [0.4, 0.5) is 10.1 Å². The third-order valence-electron chi connectivity index (χ3n) is 4.29. The summed E-state index contributed by atoms with van der Waals surface area (Å²) in [5, 5.41) is 0. The van der Waals surface area contributed by atoms with E-state index in [9.17, 15) is 9.18 Å². The van der Waals surface area contributed by atoms with E-state index in [0.29, 0.717) is 0 Å². The van der Waals surface area contributed by atoms with Gasteiger partial charge in [0, 0.05) is 25.3 Å². The fourth-order valence-corrected chi connectivity index (χ4v) is 2.96. The van der Waals surface area contributed by atoms with Crippen LogP contribution in [0.1, 0.15) is 28.8 Å². The number of anilines is 1. The normalized spacial score (nSPS) is 16.0. The topological polar surface area (TPSA) is 55.6 Å². The van der Waals surface area contributed by atoms with E-state index in [4.69, 9.17) is 10.5 Å². The molecule has 0 spiro atoms. The van der Waals surface area contributed by atoms with Gasteiger partial charge in [0.1, 0.15) is 11.9 Å². The Labute approximate surface area is 141 Å². The molecule has 126 valence electrons. The minimum Gasteiger partial charge on any atom is -0.459 e. The number of benzene rings is 2. The Morgan fingerprint density at radius 3 is 2.54 bits per heavy atom. The Kier molecular flexibility index (Phi) is 5.11. The highest BCUT2D eigenvalue weighted by atomic mass is 19.1. The third kappa shape index (κ3) is 4.11. The van der Waals surface area contributed by atoms with Crippen LogP contribution in [-0.4, -0.2) is 30.1 Å². The first-order chi connectivity index (χ1) is 11.6. The zero-order valence-corrected chi connectivity index (χ0v) is 13.5. The summed E-state index contributed by atoms with van der Waals surface area (Å²) >= 11 is 0. The summed E-state index contributed by atoms with van der Waals surface area (Å²) in [7, 11) is 0. The lowest BCUT2D eigenvalue weighted by molar-refractivity contribution is 0.0105. The van der Waals surface area contributed by atoms with Gasteiger partial charge < -0.3 is 10.5 Å². The van der Waals surface area contributed by atoms with E-state index in [2.05, 4.69) is 17.0 Å². The zero-order chi connectivity index (χ0) is 16.9. The largest absolute Gasteiger partial charge is 0.459 e. The lowest BCUT2D eigenvalue weighted by Crippen LogP contribution is -2.37. The molecule has 1 heterocycles. The van der Waals surface area contributed by atoms with Crippen LogP contribution in [0.3, 0.4) is 0 Å². The monoisotopic (exact) mass is 328 g/mol. The van der Waals surface area contributed by atoms with E-state index in [-0.39, 0.29) is 17.4 Å². The van der Waals surface area contributed by atoms with Crippen LogP contribution in [0.2, 0.25) is 0 Å². The lowest BCUT2D eigenvalue weighted by atomic mass is 10.1. The maximum atomic E-state index is 13.1. The number of ether oxygens (including phenoxy) is 1. The summed E-state index contributed by atoms with van der Waals surface area (Å²) in [5.74, 6) is -0.938. The van der Waals surface area contributed by atoms with Crippen molar-refractivity contribution in [3.8, 4) is 0 Å². The van der Waals surface area contributed by atoms with E-state index in [1.54, 1.807) is 0 Å². The van der Waals surface area contributed by atoms with Gasteiger partial charge in [0.15, 0.2) is 0 Å². The number of carbonyl (C=O) groups excluding carboxylic acids is 1. The molecule has 5 heteroatoms. The molecular weight excluding hydrogens is 307 g/mol. The number of piperidine rings is 1. The van der Waals surface area contributed by atoms with Gasteiger partial charge in [-0.15, -0.1) is 0 Å². The lowest BCUT2D eigenvalue weighted by Gasteiger charge is -2.31. The number of hydrogen-bond acceptors (Lipinski definition) is 4. The van der Waals surface area contributed by atoms with E-state index in [1.165, 1.54) is 17.7 Å². The molecule has 3 rings (SSSR count). The predicted molar refractivity (Wildman–Crippen MR) is 91.0 cm³/mol. The molecule has 0 aliphatic carbocycles. The second kappa shape index (κ2) is 7.45. The molecule has 0 saturated carbocycles. The number of rotatable bonds is 4. The summed E-state index contributed by atoms with van der Waals surface area (Å²) in [5.41, 5.74) is 7.31. The molecule has 1 saturated heterocycles. The maximum absolute atomic E-state index is 13.1. The van der Waals surface area contributed by atoms with Crippen molar-refractivity contribution in [1.82, 2.24) is 4.90 Å². The molecule has 0 bridgehead atoms. The van der Waals surface area contributed by atoms with Gasteiger partial charge in [-0.1, -0.05) is 30.3 Å². The average molecular weight is 328 g/mol. The molecule has 0 radical (unpaired) electrons. The minimum absolute atomic E-state index is 0.113. The second-order valence-corrected chi connectivity index (χ2v) is 6.10. The Morgan fingerprint density at radius 1 is 1.17 bits per heavy atom. The van der Waals surface area contributed by atoms with Gasteiger partial charge in [-0.25, -0.2) is 9.18 Å². The van der Waals surface area contributed by atoms with Gasteiger partial charge in [0.2, 0.25) is 0 Å². The molecule has 1 aliphatic rings. The number of hydrogen-bond donors (Lipinski definition) is 1. The van der Waals surface area contributed by atoms with Crippen molar-refractivity contribution in [3.05, 3.63) is 65.5 Å². The first-order valence-electron chi connectivity index (χ1n) is 8.14. The summed E-state index contributed by atoms with van der Waals surface area (Å²) in [6.45, 7) is 2.67. The molecular formula is C19H21FN2O2. The van der Waals surface area contributed by atoms with Crippen LogP contribution in [0.25, 0.3) is 0 Å². The smallest absolute Gasteiger partial charge is 0.340 e. The third-order valence-corrected chi connectivity index (χ3v) is 4.29. The molecule has 2 aromatic rings. The number of carbonyl (C=O) groups is 1. The first-order valence-corrected chi connectivity index (χ1v) is 8.14. The van der Waals surface area contributed by atoms with Gasteiger partial charge in [0.05, 0.1) is 5.56 Å². The molecule has 0 amide bonds. The number of esters is 1. The molecule has 2 N–H and O–H groups in total. The highest BCUT2D eigenvalue weighted by Crippen LogP contribution is 2.20. The van der Waals surface area contributed by atoms with Gasteiger partial charge in [-0.3, -0.25) is 4.90 Å². The number of nitrogen functional groups attached to an aromatic ring is 1. The van der Waals surface area contributed by atoms with Crippen LogP contribution in [0.15, 0.2) is 48.5 Å². The molecule has 24 heavy (non-hydrogen) atoms. The second-order valence-electron chi connectivity index (χ2n) is 6.10. The van der Waals surface area contributed by atoms with Gasteiger partial charge in [-0.05, 0) is 36.6 Å². The standard InChI is InChI=1S/C19H21FN2O2/c20-15-6-7-17(18(21)12-15)19(23)24-16-8-10-22(11-9-16)13-14-4-2-1-3-5-14/h1-7,12,16H,8-11,13,21H2. The van der Waals surface area contributed by atoms with Crippen molar-refractivity contribution in [3.63, 3.8) is 0 Å². The fourth-order valence-electron chi connectivity index (χ4n) is 2.96. The van der Waals surface area contributed by atoms with Crippen molar-refractivity contribution >= 4 is 11.7 Å². The van der Waals surface area contributed by atoms with Crippen molar-refractivity contribution in [1.29, 1.82) is 0 Å². The summed E-state index contributed by atoms with van der Waals surface area (Å²) < 4.78 is 18.6. The highest BCUT2D eigenvalue weighted by Gasteiger charge is 2.23. The summed E-state index contributed by atoms with van der Waals surface area (Å²) in [6, 6.07) is 14.0. The van der Waals surface area contributed by atoms with Crippen molar-refractivity contribution in [2.24, 2.45) is 0 Å². The Balaban J connectivity index is 1.51. The van der Waals surface area contributed by atoms with Gasteiger partial charge in [0.25, 0.3) is 0 Å². The molecule has 2 aromatic carbocycles. The molecule has 0 unspecified atom stereocenters. The molecule has 1 aliphatic heterocycles. The first kappa shape index (κ1) is 16.5. The predicted octanol–water partition coefficient (Wildman–Crippen LogP) is 3.23. The molecule has 0 aromatic heterocycles. The molecule has 1 fully saturated rings. The number of halogens is 1. The van der Waals surface area contributed by atoms with E-state index in [0.717, 1.165) is 38.5 Å². The maximum Gasteiger partial charge on any atom is 0.340 e. The molecule has 4 nitrogen and oxygen atoms in total. The van der Waals surface area contributed by atoms with Gasteiger partial charge in [-0.2, -0.15) is 0 Å². The quantitative estimate of drug-likeness (QED) is 0.691. The number of likely N-dealkylation sites (tertiary alicyclic amines) is 1. The zero-order valence-electron chi connectivity index (χ0n) is 13.5. The Bertz CT molecular complexity index is 698. The Hall–Kier alpha value is -2.40.